The van der Waals surface area contributed by atoms with E-state index in [-0.39, 0.29) is 5.69 Å². The van der Waals surface area contributed by atoms with Crippen LogP contribution in [0.1, 0.15) is 0 Å². The van der Waals surface area contributed by atoms with Crippen molar-refractivity contribution in [3.05, 3.63) is 180 Å². The number of hydrogen-bond donors (Lipinski definition) is 0. The number of hydrogen-bond acceptors (Lipinski definition) is 2. The van der Waals surface area contributed by atoms with Gasteiger partial charge in [-0.1, -0.05) is 103 Å². The van der Waals surface area contributed by atoms with Crippen molar-refractivity contribution in [1.29, 1.82) is 0 Å². The fourth-order valence-corrected chi connectivity index (χ4v) is 7.39. The molecule has 1 aliphatic carbocycles. The molecule has 0 bridgehead atoms. The summed E-state index contributed by atoms with van der Waals surface area (Å²) in [7, 11) is 0. The number of benzene rings is 5. The van der Waals surface area contributed by atoms with Crippen LogP contribution in [0.4, 0.5) is 0 Å². The Kier molecular flexibility index (Phi) is 5.88. The Balaban J connectivity index is 1.15. The van der Waals surface area contributed by atoms with Gasteiger partial charge in [0.05, 0.1) is 44.5 Å². The number of aromatic nitrogens is 5. The van der Waals surface area contributed by atoms with Crippen LogP contribution in [-0.4, -0.2) is 23.3 Å². The van der Waals surface area contributed by atoms with Crippen LogP contribution < -0.4 is 5.69 Å². The van der Waals surface area contributed by atoms with E-state index in [9.17, 15) is 4.79 Å². The summed E-state index contributed by atoms with van der Waals surface area (Å²) in [6.45, 7) is 0. The van der Waals surface area contributed by atoms with Gasteiger partial charge in [0.25, 0.3) is 0 Å². The van der Waals surface area contributed by atoms with Gasteiger partial charge in [-0.05, 0) is 60.7 Å². The van der Waals surface area contributed by atoms with E-state index in [1.54, 1.807) is 9.13 Å². The second kappa shape index (κ2) is 10.6. The molecule has 0 saturated heterocycles. The Hall–Kier alpha value is -6.88. The Bertz CT molecular complexity index is 2900. The van der Waals surface area contributed by atoms with Crippen molar-refractivity contribution in [3.63, 3.8) is 0 Å². The highest BCUT2D eigenvalue weighted by Gasteiger charge is 2.19. The van der Waals surface area contributed by atoms with E-state index in [1.165, 1.54) is 10.8 Å². The molecular weight excluding hydrogens is 603 g/mol. The molecule has 9 aromatic rings. The molecule has 4 heterocycles. The molecule has 0 aliphatic heterocycles. The lowest BCUT2D eigenvalue weighted by atomic mass is 10.2. The van der Waals surface area contributed by atoms with Gasteiger partial charge in [-0.25, -0.2) is 14.3 Å². The van der Waals surface area contributed by atoms with Gasteiger partial charge < -0.3 is 4.57 Å². The first kappa shape index (κ1) is 27.3. The topological polar surface area (TPSA) is 49.7 Å². The van der Waals surface area contributed by atoms with Gasteiger partial charge in [-0.2, -0.15) is 0 Å². The first-order chi connectivity index (χ1) is 24.3. The van der Waals surface area contributed by atoms with Crippen LogP contribution in [0.3, 0.4) is 0 Å². The lowest BCUT2D eigenvalue weighted by molar-refractivity contribution is 0.907. The Morgan fingerprint density at radius 1 is 0.449 bits per heavy atom. The average Bonchev–Trinajstić information content (AvgIpc) is 3.69. The summed E-state index contributed by atoms with van der Waals surface area (Å²) < 4.78 is 7.84. The number of nitrogens with zero attached hydrogens (tertiary/aromatic N) is 5. The van der Waals surface area contributed by atoms with Gasteiger partial charge in [0.1, 0.15) is 11.6 Å². The van der Waals surface area contributed by atoms with Crippen LogP contribution >= 0.6 is 0 Å². The summed E-state index contributed by atoms with van der Waals surface area (Å²) in [6, 6.07) is 47.3. The van der Waals surface area contributed by atoms with Crippen LogP contribution in [0.5, 0.6) is 0 Å². The zero-order valence-corrected chi connectivity index (χ0v) is 26.2. The number of fused-ring (bicyclic) bond motifs is 7. The summed E-state index contributed by atoms with van der Waals surface area (Å²) in [5.41, 5.74) is 10.8. The van der Waals surface area contributed by atoms with Crippen molar-refractivity contribution >= 4 is 66.0 Å². The number of para-hydroxylation sites is 6. The summed E-state index contributed by atoms with van der Waals surface area (Å²) in [5, 5.41) is 4.70. The predicted octanol–water partition coefficient (Wildman–Crippen LogP) is 9.50. The van der Waals surface area contributed by atoms with Crippen molar-refractivity contribution in [2.24, 2.45) is 0 Å². The monoisotopic (exact) mass is 629 g/mol. The predicted molar refractivity (Wildman–Crippen MR) is 200 cm³/mol. The molecule has 6 heteroatoms. The van der Waals surface area contributed by atoms with E-state index in [2.05, 4.69) is 99.8 Å². The maximum absolute atomic E-state index is 14.5. The number of pyridine rings is 1. The smallest absolute Gasteiger partial charge is 0.302 e. The minimum Gasteiger partial charge on any atom is -0.302 e. The van der Waals surface area contributed by atoms with Gasteiger partial charge >= 0.3 is 5.69 Å². The van der Waals surface area contributed by atoms with Crippen LogP contribution in [0.25, 0.3) is 77.7 Å². The highest BCUT2D eigenvalue weighted by Crippen LogP contribution is 2.33. The normalized spacial score (nSPS) is 13.1. The Morgan fingerprint density at radius 3 is 1.45 bits per heavy atom. The van der Waals surface area contributed by atoms with Crippen molar-refractivity contribution < 1.29 is 0 Å². The second-order valence-electron chi connectivity index (χ2n) is 12.2. The molecule has 0 amide bonds. The van der Waals surface area contributed by atoms with E-state index >= 15 is 0 Å². The minimum atomic E-state index is -0.203. The van der Waals surface area contributed by atoms with Gasteiger partial charge in [0.2, 0.25) is 0 Å². The van der Waals surface area contributed by atoms with Gasteiger partial charge in [0.15, 0.2) is 0 Å². The number of imidazole rings is 1. The third kappa shape index (κ3) is 4.02. The summed E-state index contributed by atoms with van der Waals surface area (Å²) in [4.78, 5) is 19.7. The zero-order chi connectivity index (χ0) is 32.5. The standard InChI is InChI=1S/C43H27N5O/c49-43-46(30-14-11-13-29(27-28-30)45-35-19-5-1-15-31(35)32-16-2-6-20-36(32)45)39-23-9-10-24-40(39)48(43)42-26-12-25-41(44-42)47-37-21-7-3-17-33(37)34-18-4-8-22-38(34)47/h1-26,28H. The third-order valence-corrected chi connectivity index (χ3v) is 9.47. The molecule has 230 valence electrons. The van der Waals surface area contributed by atoms with Gasteiger partial charge in [0, 0.05) is 27.6 Å². The third-order valence-electron chi connectivity index (χ3n) is 9.47. The molecule has 1 aliphatic rings. The van der Waals surface area contributed by atoms with Crippen LogP contribution in [-0.2, 0) is 0 Å². The zero-order valence-electron chi connectivity index (χ0n) is 26.2. The molecule has 0 saturated carbocycles. The van der Waals surface area contributed by atoms with E-state index in [0.29, 0.717) is 11.5 Å². The lowest BCUT2D eigenvalue weighted by Crippen LogP contribution is -2.23. The largest absolute Gasteiger partial charge is 0.339 e. The van der Waals surface area contributed by atoms with Crippen LogP contribution in [0.15, 0.2) is 174 Å². The minimum absolute atomic E-state index is 0.203. The SMILES string of the molecule is O=c1n(C2=CC=CC(n3c4ccccc4c4ccccc43)=C=C2)c2ccccc2n1-c1cccc(-n2c3ccccc3c3ccccc32)n1. The summed E-state index contributed by atoms with van der Waals surface area (Å²) >= 11 is 0. The van der Waals surface area contributed by atoms with Crippen molar-refractivity contribution in [1.82, 2.24) is 23.3 Å². The molecule has 4 aromatic heterocycles. The van der Waals surface area contributed by atoms with E-state index in [4.69, 9.17) is 4.98 Å². The number of rotatable bonds is 4. The summed E-state index contributed by atoms with van der Waals surface area (Å²) in [5.74, 6) is 1.29. The van der Waals surface area contributed by atoms with Crippen LogP contribution in [0, 0.1) is 0 Å². The molecular formula is C43H27N5O. The van der Waals surface area contributed by atoms with Gasteiger partial charge in [-0.15, -0.1) is 0 Å². The molecule has 0 atom stereocenters. The van der Waals surface area contributed by atoms with E-state index in [1.807, 2.05) is 78.9 Å². The summed E-state index contributed by atoms with van der Waals surface area (Å²) in [6.07, 6.45) is 7.90. The molecule has 49 heavy (non-hydrogen) atoms. The molecule has 10 rings (SSSR count). The Morgan fingerprint density at radius 2 is 0.898 bits per heavy atom. The fraction of sp³-hybridized carbons (Fsp3) is 0. The first-order valence-electron chi connectivity index (χ1n) is 16.3. The van der Waals surface area contributed by atoms with E-state index in [0.717, 1.165) is 55.4 Å². The Labute approximate surface area is 280 Å². The molecule has 0 spiro atoms. The second-order valence-corrected chi connectivity index (χ2v) is 12.2. The van der Waals surface area contributed by atoms with E-state index < -0.39 is 0 Å². The molecule has 5 aromatic carbocycles. The number of allylic oxidation sites excluding steroid dienone is 5. The van der Waals surface area contributed by atoms with Gasteiger partial charge in [-0.3, -0.25) is 9.13 Å². The molecule has 6 nitrogen and oxygen atoms in total. The molecule has 0 unspecified atom stereocenters. The first-order valence-corrected chi connectivity index (χ1v) is 16.3. The highest BCUT2D eigenvalue weighted by molar-refractivity contribution is 6.11. The van der Waals surface area contributed by atoms with Crippen molar-refractivity contribution in [3.8, 4) is 11.6 Å². The quantitative estimate of drug-likeness (QED) is 0.182. The maximum Gasteiger partial charge on any atom is 0.339 e. The molecule has 0 fully saturated rings. The maximum atomic E-state index is 14.5. The highest BCUT2D eigenvalue weighted by atomic mass is 16.1. The average molecular weight is 630 g/mol. The fourth-order valence-electron chi connectivity index (χ4n) is 7.39. The van der Waals surface area contributed by atoms with Crippen molar-refractivity contribution in [2.45, 2.75) is 0 Å². The lowest BCUT2D eigenvalue weighted by Gasteiger charge is -2.09. The molecule has 0 radical (unpaired) electrons. The van der Waals surface area contributed by atoms with Crippen molar-refractivity contribution in [2.75, 3.05) is 0 Å². The molecule has 0 N–H and O–H groups in total. The van der Waals surface area contributed by atoms with Crippen LogP contribution in [0.2, 0.25) is 0 Å².